The molecule has 0 heterocycles. The molecule has 0 amide bonds. The molecule has 0 heteroatoms. The summed E-state index contributed by atoms with van der Waals surface area (Å²) in [6, 6.07) is 0. The van der Waals surface area contributed by atoms with Gasteiger partial charge in [0, 0.05) is 0 Å². The molecule has 0 bridgehead atoms. The molecule has 0 saturated heterocycles. The molecule has 0 unspecified atom stereocenters. The topological polar surface area (TPSA) is 0 Å². The summed E-state index contributed by atoms with van der Waals surface area (Å²) in [5, 5.41) is 0. The Bertz CT molecular complexity index is 390. The lowest BCUT2D eigenvalue weighted by molar-refractivity contribution is 0.667. The van der Waals surface area contributed by atoms with E-state index in [1.807, 2.05) is 0 Å². The van der Waals surface area contributed by atoms with Crippen LogP contribution in [0.4, 0.5) is 0 Å². The number of rotatable bonds is 1. The standard InChI is InChI=1S/C19H28/c1-17-13-9-5-4-8-12-16-19(17)18-14-10-6-2-3-7-11-15-18/h6,9-10,13-14H,2-5,7-8,11-12,15-16H2,1H3/b10-6+,13-9+,18-14-,19-17+. The Morgan fingerprint density at radius 2 is 1.53 bits per heavy atom. The summed E-state index contributed by atoms with van der Waals surface area (Å²) in [6.45, 7) is 2.30. The number of hydrogen-bond donors (Lipinski definition) is 0. The van der Waals surface area contributed by atoms with Crippen molar-refractivity contribution in [2.24, 2.45) is 0 Å². The van der Waals surface area contributed by atoms with Crippen LogP contribution in [-0.4, -0.2) is 0 Å². The minimum absolute atomic E-state index is 1.25. The Kier molecular flexibility index (Phi) is 6.20. The molecular weight excluding hydrogens is 228 g/mol. The molecular formula is C19H28. The van der Waals surface area contributed by atoms with E-state index in [0.29, 0.717) is 0 Å². The summed E-state index contributed by atoms with van der Waals surface area (Å²) >= 11 is 0. The summed E-state index contributed by atoms with van der Waals surface area (Å²) in [4.78, 5) is 0. The first-order valence-corrected chi connectivity index (χ1v) is 8.10. The first kappa shape index (κ1) is 14.4. The van der Waals surface area contributed by atoms with E-state index < -0.39 is 0 Å². The molecule has 0 fully saturated rings. The van der Waals surface area contributed by atoms with E-state index in [-0.39, 0.29) is 0 Å². The summed E-state index contributed by atoms with van der Waals surface area (Å²) < 4.78 is 0. The quantitative estimate of drug-likeness (QED) is 0.518. The molecule has 2 aliphatic carbocycles. The van der Waals surface area contributed by atoms with Crippen LogP contribution < -0.4 is 0 Å². The van der Waals surface area contributed by atoms with Crippen LogP contribution in [0.15, 0.2) is 47.1 Å². The Morgan fingerprint density at radius 3 is 2.37 bits per heavy atom. The average molecular weight is 256 g/mol. The van der Waals surface area contributed by atoms with Gasteiger partial charge in [-0.05, 0) is 75.0 Å². The van der Waals surface area contributed by atoms with Gasteiger partial charge in [0.1, 0.15) is 0 Å². The maximum Gasteiger partial charge on any atom is -0.0274 e. The maximum atomic E-state index is 2.38. The lowest BCUT2D eigenvalue weighted by Gasteiger charge is -2.14. The third-order valence-corrected chi connectivity index (χ3v) is 4.28. The SMILES string of the molecule is CC1=C(\C2=C/C=C/CCCCC2)CCCCC\C=C\1. The van der Waals surface area contributed by atoms with Crippen LogP contribution in [0, 0.1) is 0 Å². The highest BCUT2D eigenvalue weighted by Gasteiger charge is 2.09. The van der Waals surface area contributed by atoms with Crippen LogP contribution in [-0.2, 0) is 0 Å². The second kappa shape index (κ2) is 8.19. The van der Waals surface area contributed by atoms with Gasteiger partial charge >= 0.3 is 0 Å². The van der Waals surface area contributed by atoms with Gasteiger partial charge in [-0.1, -0.05) is 43.2 Å². The van der Waals surface area contributed by atoms with Crippen LogP contribution in [0.3, 0.4) is 0 Å². The summed E-state index contributed by atoms with van der Waals surface area (Å²) in [6.07, 6.45) is 25.0. The highest BCUT2D eigenvalue weighted by atomic mass is 14.1. The van der Waals surface area contributed by atoms with Gasteiger partial charge in [0.15, 0.2) is 0 Å². The minimum atomic E-state index is 1.25. The largest absolute Gasteiger partial charge is 0.0845 e. The maximum absolute atomic E-state index is 2.38. The molecule has 0 aromatic heterocycles. The second-order valence-corrected chi connectivity index (χ2v) is 5.88. The van der Waals surface area contributed by atoms with Crippen molar-refractivity contribution in [3.63, 3.8) is 0 Å². The molecule has 0 saturated carbocycles. The lowest BCUT2D eigenvalue weighted by Crippen LogP contribution is -1.95. The van der Waals surface area contributed by atoms with Crippen molar-refractivity contribution in [1.29, 1.82) is 0 Å². The Hall–Kier alpha value is -1.04. The lowest BCUT2D eigenvalue weighted by atomic mass is 9.91. The average Bonchev–Trinajstić information content (AvgIpc) is 2.60. The van der Waals surface area contributed by atoms with Gasteiger partial charge in [-0.15, -0.1) is 0 Å². The van der Waals surface area contributed by atoms with Gasteiger partial charge in [0.25, 0.3) is 0 Å². The number of hydrogen-bond acceptors (Lipinski definition) is 0. The zero-order valence-corrected chi connectivity index (χ0v) is 12.5. The van der Waals surface area contributed by atoms with Crippen LogP contribution in [0.2, 0.25) is 0 Å². The Balaban J connectivity index is 2.20. The predicted octanol–water partition coefficient (Wildman–Crippen LogP) is 6.27. The smallest absolute Gasteiger partial charge is 0.0274 e. The van der Waals surface area contributed by atoms with Gasteiger partial charge in [-0.25, -0.2) is 0 Å². The van der Waals surface area contributed by atoms with E-state index in [0.717, 1.165) is 0 Å². The van der Waals surface area contributed by atoms with Crippen molar-refractivity contribution >= 4 is 0 Å². The van der Waals surface area contributed by atoms with Crippen molar-refractivity contribution < 1.29 is 0 Å². The van der Waals surface area contributed by atoms with E-state index in [9.17, 15) is 0 Å². The van der Waals surface area contributed by atoms with Crippen LogP contribution >= 0.6 is 0 Å². The van der Waals surface area contributed by atoms with Crippen molar-refractivity contribution in [1.82, 2.24) is 0 Å². The fraction of sp³-hybridized carbons (Fsp3) is 0.579. The number of allylic oxidation sites excluding steroid dienone is 8. The van der Waals surface area contributed by atoms with Crippen LogP contribution in [0.25, 0.3) is 0 Å². The van der Waals surface area contributed by atoms with Crippen LogP contribution in [0.1, 0.15) is 71.1 Å². The molecule has 0 aromatic carbocycles. The van der Waals surface area contributed by atoms with Crippen molar-refractivity contribution in [3.05, 3.63) is 47.1 Å². The van der Waals surface area contributed by atoms with Gasteiger partial charge < -0.3 is 0 Å². The second-order valence-electron chi connectivity index (χ2n) is 5.88. The zero-order chi connectivity index (χ0) is 13.3. The van der Waals surface area contributed by atoms with Crippen molar-refractivity contribution in [2.75, 3.05) is 0 Å². The van der Waals surface area contributed by atoms with E-state index in [1.54, 1.807) is 11.1 Å². The van der Waals surface area contributed by atoms with Gasteiger partial charge in [-0.3, -0.25) is 0 Å². The van der Waals surface area contributed by atoms with Crippen molar-refractivity contribution in [3.8, 4) is 0 Å². The van der Waals surface area contributed by atoms with E-state index in [4.69, 9.17) is 0 Å². The van der Waals surface area contributed by atoms with E-state index in [1.165, 1.54) is 69.8 Å². The molecule has 0 radical (unpaired) electrons. The molecule has 19 heavy (non-hydrogen) atoms. The highest BCUT2D eigenvalue weighted by Crippen LogP contribution is 2.28. The monoisotopic (exact) mass is 256 g/mol. The van der Waals surface area contributed by atoms with Gasteiger partial charge in [0.05, 0.1) is 0 Å². The molecule has 0 aromatic rings. The first-order chi connectivity index (χ1) is 9.38. The summed E-state index contributed by atoms with van der Waals surface area (Å²) in [5.41, 5.74) is 4.73. The van der Waals surface area contributed by atoms with Crippen LogP contribution in [0.5, 0.6) is 0 Å². The fourth-order valence-electron chi connectivity index (χ4n) is 3.08. The predicted molar refractivity (Wildman–Crippen MR) is 85.2 cm³/mol. The third kappa shape index (κ3) is 4.86. The van der Waals surface area contributed by atoms with Gasteiger partial charge in [-0.2, -0.15) is 0 Å². The van der Waals surface area contributed by atoms with E-state index >= 15 is 0 Å². The highest BCUT2D eigenvalue weighted by molar-refractivity contribution is 5.41. The molecule has 2 rings (SSSR count). The molecule has 104 valence electrons. The zero-order valence-electron chi connectivity index (χ0n) is 12.5. The fourth-order valence-corrected chi connectivity index (χ4v) is 3.08. The molecule has 0 N–H and O–H groups in total. The third-order valence-electron chi connectivity index (χ3n) is 4.28. The van der Waals surface area contributed by atoms with Gasteiger partial charge in [0.2, 0.25) is 0 Å². The first-order valence-electron chi connectivity index (χ1n) is 8.10. The summed E-state index contributed by atoms with van der Waals surface area (Å²) in [7, 11) is 0. The summed E-state index contributed by atoms with van der Waals surface area (Å²) in [5.74, 6) is 0. The molecule has 0 atom stereocenters. The molecule has 0 spiro atoms. The van der Waals surface area contributed by atoms with Crippen molar-refractivity contribution in [2.45, 2.75) is 71.1 Å². The molecule has 2 aliphatic rings. The Morgan fingerprint density at radius 1 is 0.789 bits per heavy atom. The minimum Gasteiger partial charge on any atom is -0.0845 e. The van der Waals surface area contributed by atoms with E-state index in [2.05, 4.69) is 37.3 Å². The molecule has 0 aliphatic heterocycles. The molecule has 0 nitrogen and oxygen atoms in total. The Labute approximate surface area is 119 Å². The normalized spacial score (nSPS) is 32.6.